The summed E-state index contributed by atoms with van der Waals surface area (Å²) in [6.45, 7) is 0. The Balaban J connectivity index is 2.09. The van der Waals surface area contributed by atoms with Gasteiger partial charge in [0, 0.05) is 5.41 Å². The Labute approximate surface area is 55.4 Å². The predicted molar refractivity (Wildman–Crippen MR) is 35.1 cm³/mol. The zero-order valence-electron chi connectivity index (χ0n) is 5.60. The van der Waals surface area contributed by atoms with E-state index >= 15 is 0 Å². The lowest BCUT2D eigenvalue weighted by Crippen LogP contribution is -2.09. The van der Waals surface area contributed by atoms with Crippen molar-refractivity contribution >= 4 is 6.29 Å². The van der Waals surface area contributed by atoms with Crippen molar-refractivity contribution in [1.29, 1.82) is 0 Å². The molecule has 0 aromatic carbocycles. The fourth-order valence-corrected chi connectivity index (χ4v) is 2.14. The molecule has 0 bridgehead atoms. The molecule has 0 aromatic heterocycles. The first kappa shape index (κ1) is 5.45. The van der Waals surface area contributed by atoms with Crippen LogP contribution in [0, 0.1) is 11.3 Å². The van der Waals surface area contributed by atoms with Crippen LogP contribution in [0.5, 0.6) is 0 Å². The van der Waals surface area contributed by atoms with Crippen molar-refractivity contribution in [1.82, 2.24) is 0 Å². The third-order valence-electron chi connectivity index (χ3n) is 2.96. The van der Waals surface area contributed by atoms with Crippen molar-refractivity contribution in [3.63, 3.8) is 0 Å². The van der Waals surface area contributed by atoms with Gasteiger partial charge < -0.3 is 4.79 Å². The summed E-state index contributed by atoms with van der Waals surface area (Å²) in [5.74, 6) is 0.795. The lowest BCUT2D eigenvalue weighted by molar-refractivity contribution is -0.113. The van der Waals surface area contributed by atoms with Crippen molar-refractivity contribution in [3.8, 4) is 0 Å². The van der Waals surface area contributed by atoms with E-state index in [1.165, 1.54) is 38.4 Å². The molecular weight excluding hydrogens is 112 g/mol. The molecule has 9 heavy (non-hydrogen) atoms. The largest absolute Gasteiger partial charge is 0.303 e. The minimum Gasteiger partial charge on any atom is -0.303 e. The topological polar surface area (TPSA) is 17.1 Å². The first-order valence-electron chi connectivity index (χ1n) is 3.84. The van der Waals surface area contributed by atoms with Crippen LogP contribution in [0.1, 0.15) is 32.1 Å². The Bertz CT molecular complexity index is 142. The maximum absolute atomic E-state index is 10.5. The van der Waals surface area contributed by atoms with Crippen LogP contribution in [-0.4, -0.2) is 6.29 Å². The minimum atomic E-state index is 0.207. The molecule has 50 valence electrons. The Morgan fingerprint density at radius 3 is 2.89 bits per heavy atom. The molecule has 2 saturated carbocycles. The standard InChI is InChI=1S/C8H12O/c9-6-8-4-2-1-3-7(8)5-8/h6-7H,1-5H2/t7-,8-/m1/s1. The molecule has 2 aliphatic rings. The summed E-state index contributed by atoms with van der Waals surface area (Å²) in [6.07, 6.45) is 7.56. The van der Waals surface area contributed by atoms with Crippen LogP contribution in [-0.2, 0) is 4.79 Å². The fourth-order valence-electron chi connectivity index (χ4n) is 2.14. The number of aldehydes is 1. The SMILES string of the molecule is O=C[C@]12CCCC[C@@H]1C2. The lowest BCUT2D eigenvalue weighted by atomic mass is 9.90. The molecule has 1 heteroatoms. The second-order valence-corrected chi connectivity index (χ2v) is 3.50. The Kier molecular flexibility index (Phi) is 0.961. The first-order chi connectivity index (χ1) is 4.37. The monoisotopic (exact) mass is 124 g/mol. The van der Waals surface area contributed by atoms with Crippen LogP contribution in [0.2, 0.25) is 0 Å². The molecule has 0 radical (unpaired) electrons. The van der Waals surface area contributed by atoms with Crippen LogP contribution in [0.4, 0.5) is 0 Å². The van der Waals surface area contributed by atoms with Crippen molar-refractivity contribution in [2.75, 3.05) is 0 Å². The normalized spacial score (nSPS) is 47.8. The first-order valence-corrected chi connectivity index (χ1v) is 3.84. The molecule has 2 atom stereocenters. The van der Waals surface area contributed by atoms with Gasteiger partial charge in [-0.15, -0.1) is 0 Å². The highest BCUT2D eigenvalue weighted by molar-refractivity contribution is 5.64. The van der Waals surface area contributed by atoms with E-state index in [-0.39, 0.29) is 5.41 Å². The van der Waals surface area contributed by atoms with E-state index in [1.807, 2.05) is 0 Å². The number of fused-ring (bicyclic) bond motifs is 1. The molecule has 2 rings (SSSR count). The maximum Gasteiger partial charge on any atom is 0.126 e. The van der Waals surface area contributed by atoms with E-state index in [9.17, 15) is 4.79 Å². The summed E-state index contributed by atoms with van der Waals surface area (Å²) in [6, 6.07) is 0. The minimum absolute atomic E-state index is 0.207. The molecule has 1 nitrogen and oxygen atoms in total. The quantitative estimate of drug-likeness (QED) is 0.487. The van der Waals surface area contributed by atoms with E-state index in [4.69, 9.17) is 0 Å². The van der Waals surface area contributed by atoms with Gasteiger partial charge in [0.15, 0.2) is 0 Å². The summed E-state index contributed by atoms with van der Waals surface area (Å²) >= 11 is 0. The lowest BCUT2D eigenvalue weighted by Gasteiger charge is -2.14. The van der Waals surface area contributed by atoms with Crippen molar-refractivity contribution in [3.05, 3.63) is 0 Å². The van der Waals surface area contributed by atoms with Gasteiger partial charge in [0.1, 0.15) is 6.29 Å². The van der Waals surface area contributed by atoms with E-state index in [0.717, 1.165) is 5.92 Å². The molecule has 0 aliphatic heterocycles. The number of hydrogen-bond donors (Lipinski definition) is 0. The zero-order valence-corrected chi connectivity index (χ0v) is 5.60. The fraction of sp³-hybridized carbons (Fsp3) is 0.875. The maximum atomic E-state index is 10.5. The van der Waals surface area contributed by atoms with Crippen LogP contribution in [0.25, 0.3) is 0 Å². The van der Waals surface area contributed by atoms with Gasteiger partial charge in [-0.05, 0) is 25.2 Å². The van der Waals surface area contributed by atoms with Crippen LogP contribution in [0.3, 0.4) is 0 Å². The third-order valence-corrected chi connectivity index (χ3v) is 2.96. The highest BCUT2D eigenvalue weighted by Crippen LogP contribution is 2.59. The van der Waals surface area contributed by atoms with E-state index < -0.39 is 0 Å². The number of hydrogen-bond acceptors (Lipinski definition) is 1. The van der Waals surface area contributed by atoms with Crippen LogP contribution in [0.15, 0.2) is 0 Å². The average Bonchev–Trinajstić information content (AvgIpc) is 2.62. The van der Waals surface area contributed by atoms with Crippen molar-refractivity contribution in [2.45, 2.75) is 32.1 Å². The van der Waals surface area contributed by atoms with E-state index in [1.54, 1.807) is 0 Å². The number of carbonyl (C=O) groups excluding carboxylic acids is 1. The third kappa shape index (κ3) is 0.637. The van der Waals surface area contributed by atoms with Gasteiger partial charge in [0.25, 0.3) is 0 Å². The predicted octanol–water partition coefficient (Wildman–Crippen LogP) is 1.77. The summed E-state index contributed by atoms with van der Waals surface area (Å²) in [7, 11) is 0. The second kappa shape index (κ2) is 1.59. The van der Waals surface area contributed by atoms with Gasteiger partial charge in [-0.1, -0.05) is 12.8 Å². The Morgan fingerprint density at radius 2 is 2.33 bits per heavy atom. The average molecular weight is 124 g/mol. The van der Waals surface area contributed by atoms with Gasteiger partial charge in [-0.25, -0.2) is 0 Å². The zero-order chi connectivity index (χ0) is 6.32. The molecule has 0 unspecified atom stereocenters. The van der Waals surface area contributed by atoms with Gasteiger partial charge in [0.2, 0.25) is 0 Å². The number of carbonyl (C=O) groups is 1. The van der Waals surface area contributed by atoms with E-state index in [2.05, 4.69) is 0 Å². The molecule has 2 fully saturated rings. The molecule has 0 amide bonds. The molecule has 0 heterocycles. The molecular formula is C8H12O. The molecule has 0 spiro atoms. The van der Waals surface area contributed by atoms with Gasteiger partial charge in [-0.3, -0.25) is 0 Å². The molecule has 0 N–H and O–H groups in total. The second-order valence-electron chi connectivity index (χ2n) is 3.50. The van der Waals surface area contributed by atoms with Crippen molar-refractivity contribution in [2.24, 2.45) is 11.3 Å². The molecule has 0 saturated heterocycles. The molecule has 2 aliphatic carbocycles. The van der Waals surface area contributed by atoms with Crippen LogP contribution >= 0.6 is 0 Å². The van der Waals surface area contributed by atoms with Crippen molar-refractivity contribution < 1.29 is 4.79 Å². The molecule has 0 aromatic rings. The number of rotatable bonds is 1. The van der Waals surface area contributed by atoms with Crippen LogP contribution < -0.4 is 0 Å². The summed E-state index contributed by atoms with van der Waals surface area (Å²) in [5, 5.41) is 0. The van der Waals surface area contributed by atoms with Gasteiger partial charge in [0.05, 0.1) is 0 Å². The Hall–Kier alpha value is -0.330. The smallest absolute Gasteiger partial charge is 0.126 e. The highest BCUT2D eigenvalue weighted by atomic mass is 16.1. The summed E-state index contributed by atoms with van der Waals surface area (Å²) in [5.41, 5.74) is 0.207. The van der Waals surface area contributed by atoms with Gasteiger partial charge >= 0.3 is 0 Å². The summed E-state index contributed by atoms with van der Waals surface area (Å²) < 4.78 is 0. The van der Waals surface area contributed by atoms with E-state index in [0.29, 0.717) is 0 Å². The Morgan fingerprint density at radius 1 is 1.44 bits per heavy atom. The summed E-state index contributed by atoms with van der Waals surface area (Å²) in [4.78, 5) is 10.5. The van der Waals surface area contributed by atoms with Gasteiger partial charge in [-0.2, -0.15) is 0 Å². The highest BCUT2D eigenvalue weighted by Gasteiger charge is 2.54.